The van der Waals surface area contributed by atoms with E-state index >= 15 is 0 Å². The molecule has 1 N–H and O–H groups in total. The molecule has 0 rings (SSSR count). The monoisotopic (exact) mass is 157 g/mol. The smallest absolute Gasteiger partial charge is 0.307 e. The van der Waals surface area contributed by atoms with Gasteiger partial charge in [0, 0.05) is 13.1 Å². The average Bonchev–Trinajstić information content (AvgIpc) is 1.87. The minimum atomic E-state index is -0.749. The number of hydrogen-bond donors (Lipinski definition) is 1. The molecule has 0 aliphatic rings. The van der Waals surface area contributed by atoms with Crippen LogP contribution < -0.4 is 0 Å². The molecule has 0 fully saturated rings. The Morgan fingerprint density at radius 1 is 1.82 bits per heavy atom. The maximum atomic E-state index is 10.4. The van der Waals surface area contributed by atoms with Crippen molar-refractivity contribution >= 4 is 5.97 Å². The van der Waals surface area contributed by atoms with E-state index in [0.29, 0.717) is 6.54 Å². The van der Waals surface area contributed by atoms with Gasteiger partial charge in [-0.2, -0.15) is 0 Å². The van der Waals surface area contributed by atoms with Crippen molar-refractivity contribution in [2.24, 2.45) is 5.92 Å². The summed E-state index contributed by atoms with van der Waals surface area (Å²) >= 11 is 0. The van der Waals surface area contributed by atoms with Crippen LogP contribution in [-0.4, -0.2) is 36.1 Å². The summed E-state index contributed by atoms with van der Waals surface area (Å²) in [5.41, 5.74) is 0. The second-order valence-corrected chi connectivity index (χ2v) is 2.75. The third kappa shape index (κ3) is 4.56. The number of carboxylic acids is 1. The van der Waals surface area contributed by atoms with E-state index in [1.165, 1.54) is 0 Å². The van der Waals surface area contributed by atoms with E-state index in [2.05, 4.69) is 6.58 Å². The van der Waals surface area contributed by atoms with Gasteiger partial charge in [-0.3, -0.25) is 4.79 Å². The largest absolute Gasteiger partial charge is 0.481 e. The molecule has 0 aromatic heterocycles. The molecule has 1 unspecified atom stereocenters. The first-order valence-electron chi connectivity index (χ1n) is 3.60. The molecular weight excluding hydrogens is 142 g/mol. The van der Waals surface area contributed by atoms with Crippen molar-refractivity contribution in [1.82, 2.24) is 4.90 Å². The molecule has 0 spiro atoms. The highest BCUT2D eigenvalue weighted by atomic mass is 16.4. The second kappa shape index (κ2) is 4.91. The van der Waals surface area contributed by atoms with Crippen molar-refractivity contribution in [1.29, 1.82) is 0 Å². The number of likely N-dealkylation sites (N-methyl/N-ethyl adjacent to an activating group) is 1. The van der Waals surface area contributed by atoms with E-state index in [0.717, 1.165) is 6.54 Å². The lowest BCUT2D eigenvalue weighted by atomic mass is 10.2. The number of rotatable bonds is 5. The number of aliphatic carboxylic acids is 1. The predicted octanol–water partition coefficient (Wildman–Crippen LogP) is 0.825. The Labute approximate surface area is 67.3 Å². The molecule has 0 saturated heterocycles. The first kappa shape index (κ1) is 10.2. The lowest BCUT2D eigenvalue weighted by Gasteiger charge is -2.16. The lowest BCUT2D eigenvalue weighted by molar-refractivity contribution is -0.141. The van der Waals surface area contributed by atoms with E-state index in [9.17, 15) is 4.79 Å². The highest BCUT2D eigenvalue weighted by Gasteiger charge is 2.11. The van der Waals surface area contributed by atoms with Gasteiger partial charge in [0.25, 0.3) is 0 Å². The number of nitrogens with zero attached hydrogens (tertiary/aromatic N) is 1. The van der Waals surface area contributed by atoms with E-state index in [1.807, 2.05) is 11.9 Å². The van der Waals surface area contributed by atoms with Gasteiger partial charge in [-0.25, -0.2) is 0 Å². The molecule has 0 saturated carbocycles. The number of carbonyl (C=O) groups is 1. The summed E-state index contributed by atoms with van der Waals surface area (Å²) in [4.78, 5) is 12.3. The van der Waals surface area contributed by atoms with Gasteiger partial charge in [0.15, 0.2) is 0 Å². The highest BCUT2D eigenvalue weighted by molar-refractivity contribution is 5.69. The minimum absolute atomic E-state index is 0.306. The van der Waals surface area contributed by atoms with Gasteiger partial charge in [0.05, 0.1) is 5.92 Å². The molecule has 3 heteroatoms. The van der Waals surface area contributed by atoms with Crippen molar-refractivity contribution in [3.05, 3.63) is 12.7 Å². The number of carboxylic acid groups (broad SMARTS) is 1. The van der Waals surface area contributed by atoms with Crippen LogP contribution in [0.1, 0.15) is 6.92 Å². The Balaban J connectivity index is 3.64. The van der Waals surface area contributed by atoms with E-state index in [-0.39, 0.29) is 5.92 Å². The van der Waals surface area contributed by atoms with E-state index in [4.69, 9.17) is 5.11 Å². The molecule has 0 heterocycles. The van der Waals surface area contributed by atoms with Crippen LogP contribution in [-0.2, 0) is 4.79 Å². The van der Waals surface area contributed by atoms with E-state index < -0.39 is 5.97 Å². The summed E-state index contributed by atoms with van der Waals surface area (Å²) in [7, 11) is 1.88. The standard InChI is InChI=1S/C8H15NO2/c1-4-5-9(3)6-7(2)8(10)11/h4,7H,1,5-6H2,2-3H3,(H,10,11). The van der Waals surface area contributed by atoms with Gasteiger partial charge < -0.3 is 10.0 Å². The van der Waals surface area contributed by atoms with Crippen molar-refractivity contribution in [3.8, 4) is 0 Å². The predicted molar refractivity (Wildman–Crippen MR) is 44.5 cm³/mol. The van der Waals surface area contributed by atoms with Crippen molar-refractivity contribution < 1.29 is 9.90 Å². The van der Waals surface area contributed by atoms with Crippen LogP contribution >= 0.6 is 0 Å². The molecule has 0 bridgehead atoms. The van der Waals surface area contributed by atoms with Gasteiger partial charge in [-0.1, -0.05) is 13.0 Å². The van der Waals surface area contributed by atoms with Crippen molar-refractivity contribution in [2.75, 3.05) is 20.1 Å². The highest BCUT2D eigenvalue weighted by Crippen LogP contribution is 1.97. The summed E-state index contributed by atoms with van der Waals surface area (Å²) in [6, 6.07) is 0. The molecule has 3 nitrogen and oxygen atoms in total. The molecule has 11 heavy (non-hydrogen) atoms. The first-order valence-corrected chi connectivity index (χ1v) is 3.60. The molecule has 0 aliphatic carbocycles. The summed E-state index contributed by atoms with van der Waals surface area (Å²) in [6.07, 6.45) is 1.76. The Bertz CT molecular complexity index is 145. The van der Waals surface area contributed by atoms with Crippen LogP contribution in [0.5, 0.6) is 0 Å². The van der Waals surface area contributed by atoms with Crippen molar-refractivity contribution in [2.45, 2.75) is 6.92 Å². The second-order valence-electron chi connectivity index (χ2n) is 2.75. The maximum absolute atomic E-state index is 10.4. The average molecular weight is 157 g/mol. The summed E-state index contributed by atoms with van der Waals surface area (Å²) in [5.74, 6) is -1.05. The van der Waals surface area contributed by atoms with Crippen LogP contribution in [0.2, 0.25) is 0 Å². The summed E-state index contributed by atoms with van der Waals surface area (Å²) < 4.78 is 0. The zero-order chi connectivity index (χ0) is 8.85. The summed E-state index contributed by atoms with van der Waals surface area (Å²) in [6.45, 7) is 6.56. The zero-order valence-electron chi connectivity index (χ0n) is 7.08. The zero-order valence-corrected chi connectivity index (χ0v) is 7.08. The molecule has 0 aromatic carbocycles. The molecule has 0 amide bonds. The van der Waals surface area contributed by atoms with Crippen molar-refractivity contribution in [3.63, 3.8) is 0 Å². The Morgan fingerprint density at radius 2 is 2.36 bits per heavy atom. The molecule has 0 aliphatic heterocycles. The fourth-order valence-electron chi connectivity index (χ4n) is 0.841. The third-order valence-corrected chi connectivity index (χ3v) is 1.45. The van der Waals surface area contributed by atoms with Gasteiger partial charge in [0.1, 0.15) is 0 Å². The molecule has 1 atom stereocenters. The normalized spacial score (nSPS) is 13.0. The van der Waals surface area contributed by atoms with Crippen LogP contribution in [0.15, 0.2) is 12.7 Å². The fourth-order valence-corrected chi connectivity index (χ4v) is 0.841. The van der Waals surface area contributed by atoms with Gasteiger partial charge >= 0.3 is 5.97 Å². The minimum Gasteiger partial charge on any atom is -0.481 e. The quantitative estimate of drug-likeness (QED) is 0.601. The van der Waals surface area contributed by atoms with Gasteiger partial charge in [-0.05, 0) is 7.05 Å². The maximum Gasteiger partial charge on any atom is 0.307 e. The fraction of sp³-hybridized carbons (Fsp3) is 0.625. The van der Waals surface area contributed by atoms with Crippen LogP contribution in [0.3, 0.4) is 0 Å². The summed E-state index contributed by atoms with van der Waals surface area (Å²) in [5, 5.41) is 8.55. The van der Waals surface area contributed by atoms with E-state index in [1.54, 1.807) is 13.0 Å². The Morgan fingerprint density at radius 3 is 2.73 bits per heavy atom. The Kier molecular flexibility index (Phi) is 4.54. The van der Waals surface area contributed by atoms with Crippen LogP contribution in [0.25, 0.3) is 0 Å². The lowest BCUT2D eigenvalue weighted by Crippen LogP contribution is -2.28. The third-order valence-electron chi connectivity index (χ3n) is 1.45. The van der Waals surface area contributed by atoms with Crippen LogP contribution in [0.4, 0.5) is 0 Å². The van der Waals surface area contributed by atoms with Gasteiger partial charge in [0.2, 0.25) is 0 Å². The molecule has 0 aromatic rings. The Hall–Kier alpha value is -0.830. The molecular formula is C8H15NO2. The first-order chi connectivity index (χ1) is 5.07. The van der Waals surface area contributed by atoms with Gasteiger partial charge in [-0.15, -0.1) is 6.58 Å². The van der Waals surface area contributed by atoms with Crippen LogP contribution in [0, 0.1) is 5.92 Å². The number of hydrogen-bond acceptors (Lipinski definition) is 2. The topological polar surface area (TPSA) is 40.5 Å². The molecule has 0 radical (unpaired) electrons. The molecule has 64 valence electrons. The SMILES string of the molecule is C=CCN(C)CC(C)C(=O)O.